The minimum Gasteiger partial charge on any atom is -0.481 e. The molecule has 0 aromatic rings. The highest BCUT2D eigenvalue weighted by Gasteiger charge is 2.35. The number of aliphatic hydroxyl groups is 1. The molecule has 16 heavy (non-hydrogen) atoms. The number of carboxylic acid groups (broad SMARTS) is 1. The maximum Gasteiger partial charge on any atom is 0.306 e. The average molecular weight is 232 g/mol. The highest BCUT2D eigenvalue weighted by atomic mass is 16.4. The first kappa shape index (κ1) is 15.4. The maximum absolute atomic E-state index is 10.8. The molecule has 0 saturated heterocycles. The van der Waals surface area contributed by atoms with Crippen molar-refractivity contribution in [3.8, 4) is 0 Å². The number of unbranched alkanes of at least 4 members (excludes halogenated alkanes) is 2. The van der Waals surface area contributed by atoms with Gasteiger partial charge in [-0.2, -0.15) is 0 Å². The van der Waals surface area contributed by atoms with E-state index in [9.17, 15) is 9.90 Å². The third-order valence-corrected chi connectivity index (χ3v) is 2.49. The first-order valence-corrected chi connectivity index (χ1v) is 5.93. The van der Waals surface area contributed by atoms with Crippen LogP contribution in [-0.4, -0.2) is 54.0 Å². The monoisotopic (exact) mass is 232 g/mol. The van der Waals surface area contributed by atoms with E-state index in [2.05, 4.69) is 6.92 Å². The van der Waals surface area contributed by atoms with Crippen molar-refractivity contribution in [2.24, 2.45) is 0 Å². The lowest BCUT2D eigenvalue weighted by Gasteiger charge is -2.34. The van der Waals surface area contributed by atoms with Gasteiger partial charge in [-0.05, 0) is 6.42 Å². The van der Waals surface area contributed by atoms with Crippen LogP contribution in [0, 0.1) is 0 Å². The molecule has 0 spiro atoms. The zero-order chi connectivity index (χ0) is 12.8. The quantitative estimate of drug-likeness (QED) is 0.492. The SMILES string of the molecule is CCCCCC(O)(CC(=O)O)C[N+](C)(C)C. The van der Waals surface area contributed by atoms with Crippen LogP contribution in [0.5, 0.6) is 0 Å². The predicted molar refractivity (Wildman–Crippen MR) is 64.2 cm³/mol. The second-order valence-electron chi connectivity index (χ2n) is 5.70. The standard InChI is InChI=1S/C12H25NO3/c1-5-6-7-8-12(16,9-11(14)15)10-13(2,3)4/h16H,5-10H2,1-4H3/p+1. The fourth-order valence-electron chi connectivity index (χ4n) is 2.09. The summed E-state index contributed by atoms with van der Waals surface area (Å²) in [7, 11) is 5.89. The summed E-state index contributed by atoms with van der Waals surface area (Å²) in [4.78, 5) is 10.8. The number of carbonyl (C=O) groups is 1. The molecule has 0 saturated carbocycles. The summed E-state index contributed by atoms with van der Waals surface area (Å²) in [5.74, 6) is -0.924. The van der Waals surface area contributed by atoms with E-state index in [1.165, 1.54) is 0 Å². The average Bonchev–Trinajstić information content (AvgIpc) is 1.98. The van der Waals surface area contributed by atoms with Crippen LogP contribution in [0.15, 0.2) is 0 Å². The number of quaternary nitrogens is 1. The number of aliphatic carboxylic acids is 1. The number of rotatable bonds is 8. The van der Waals surface area contributed by atoms with Crippen molar-refractivity contribution in [1.82, 2.24) is 0 Å². The molecule has 0 aromatic carbocycles. The van der Waals surface area contributed by atoms with Gasteiger partial charge >= 0.3 is 5.97 Å². The fourth-order valence-corrected chi connectivity index (χ4v) is 2.09. The zero-order valence-corrected chi connectivity index (χ0v) is 11.0. The van der Waals surface area contributed by atoms with E-state index < -0.39 is 11.6 Å². The molecule has 96 valence electrons. The second kappa shape index (κ2) is 6.21. The van der Waals surface area contributed by atoms with Crippen molar-refractivity contribution >= 4 is 5.97 Å². The Kier molecular flexibility index (Phi) is 5.97. The van der Waals surface area contributed by atoms with Gasteiger partial charge in [0.2, 0.25) is 0 Å². The van der Waals surface area contributed by atoms with E-state index in [0.29, 0.717) is 17.4 Å². The van der Waals surface area contributed by atoms with E-state index in [4.69, 9.17) is 5.11 Å². The van der Waals surface area contributed by atoms with Crippen molar-refractivity contribution in [2.45, 2.75) is 44.6 Å². The van der Waals surface area contributed by atoms with Crippen LogP contribution >= 0.6 is 0 Å². The van der Waals surface area contributed by atoms with Crippen LogP contribution in [0.4, 0.5) is 0 Å². The largest absolute Gasteiger partial charge is 0.481 e. The Bertz CT molecular complexity index is 223. The van der Waals surface area contributed by atoms with Gasteiger partial charge in [-0.25, -0.2) is 0 Å². The normalized spacial score (nSPS) is 15.8. The molecule has 0 aliphatic heterocycles. The number of hydrogen-bond acceptors (Lipinski definition) is 2. The van der Waals surface area contributed by atoms with E-state index in [-0.39, 0.29) is 6.42 Å². The van der Waals surface area contributed by atoms with Crippen LogP contribution in [0.1, 0.15) is 39.0 Å². The van der Waals surface area contributed by atoms with Crippen molar-refractivity contribution < 1.29 is 19.5 Å². The lowest BCUT2D eigenvalue weighted by atomic mass is 9.91. The van der Waals surface area contributed by atoms with Gasteiger partial charge in [0, 0.05) is 0 Å². The third-order valence-electron chi connectivity index (χ3n) is 2.49. The molecule has 0 heterocycles. The molecule has 1 atom stereocenters. The first-order chi connectivity index (χ1) is 7.18. The highest BCUT2D eigenvalue weighted by molar-refractivity contribution is 5.68. The molecule has 1 unspecified atom stereocenters. The zero-order valence-electron chi connectivity index (χ0n) is 11.0. The molecule has 0 aromatic heterocycles. The van der Waals surface area contributed by atoms with Crippen molar-refractivity contribution in [2.75, 3.05) is 27.7 Å². The summed E-state index contributed by atoms with van der Waals surface area (Å²) < 4.78 is 0.579. The van der Waals surface area contributed by atoms with E-state index in [1.54, 1.807) is 0 Å². The van der Waals surface area contributed by atoms with E-state index in [0.717, 1.165) is 19.3 Å². The third kappa shape index (κ3) is 7.65. The molecule has 0 radical (unpaired) electrons. The molecule has 4 heteroatoms. The molecule has 0 aliphatic carbocycles. The summed E-state index contributed by atoms with van der Waals surface area (Å²) >= 11 is 0. The second-order valence-corrected chi connectivity index (χ2v) is 5.70. The fraction of sp³-hybridized carbons (Fsp3) is 0.917. The molecular weight excluding hydrogens is 206 g/mol. The van der Waals surface area contributed by atoms with Gasteiger partial charge in [-0.15, -0.1) is 0 Å². The van der Waals surface area contributed by atoms with Crippen LogP contribution in [0.25, 0.3) is 0 Å². The van der Waals surface area contributed by atoms with Crippen LogP contribution in [-0.2, 0) is 4.79 Å². The Balaban J connectivity index is 4.42. The molecule has 0 fully saturated rings. The Morgan fingerprint density at radius 3 is 2.19 bits per heavy atom. The van der Waals surface area contributed by atoms with Gasteiger partial charge < -0.3 is 14.7 Å². The lowest BCUT2D eigenvalue weighted by molar-refractivity contribution is -0.877. The van der Waals surface area contributed by atoms with Gasteiger partial charge in [0.25, 0.3) is 0 Å². The molecule has 0 aliphatic rings. The Hall–Kier alpha value is -0.610. The number of hydrogen-bond donors (Lipinski definition) is 2. The minimum atomic E-state index is -1.07. The van der Waals surface area contributed by atoms with Crippen molar-refractivity contribution in [3.05, 3.63) is 0 Å². The van der Waals surface area contributed by atoms with Crippen LogP contribution < -0.4 is 0 Å². The van der Waals surface area contributed by atoms with Gasteiger partial charge in [-0.1, -0.05) is 26.2 Å². The van der Waals surface area contributed by atoms with Crippen LogP contribution in [0.3, 0.4) is 0 Å². The predicted octanol–water partition coefficient (Wildman–Crippen LogP) is 1.48. The Morgan fingerprint density at radius 2 is 1.81 bits per heavy atom. The molecule has 4 nitrogen and oxygen atoms in total. The van der Waals surface area contributed by atoms with Crippen molar-refractivity contribution in [3.63, 3.8) is 0 Å². The van der Waals surface area contributed by atoms with Crippen molar-refractivity contribution in [1.29, 1.82) is 0 Å². The summed E-state index contributed by atoms with van der Waals surface area (Å²) in [5.41, 5.74) is -1.07. The Morgan fingerprint density at radius 1 is 1.25 bits per heavy atom. The molecule has 0 bridgehead atoms. The van der Waals surface area contributed by atoms with Gasteiger partial charge in [-0.3, -0.25) is 4.79 Å². The minimum absolute atomic E-state index is 0.160. The number of likely N-dealkylation sites (N-methyl/N-ethyl adjacent to an activating group) is 1. The Labute approximate surface area is 98.5 Å². The molecule has 0 rings (SSSR count). The topological polar surface area (TPSA) is 57.5 Å². The van der Waals surface area contributed by atoms with Crippen LogP contribution in [0.2, 0.25) is 0 Å². The van der Waals surface area contributed by atoms with Gasteiger partial charge in [0.1, 0.15) is 12.1 Å². The molecule has 2 N–H and O–H groups in total. The smallest absolute Gasteiger partial charge is 0.306 e. The summed E-state index contributed by atoms with van der Waals surface area (Å²) in [6, 6.07) is 0. The molecule has 0 amide bonds. The number of nitrogens with zero attached hydrogens (tertiary/aromatic N) is 1. The lowest BCUT2D eigenvalue weighted by Crippen LogP contribution is -2.50. The summed E-state index contributed by atoms with van der Waals surface area (Å²) in [6.07, 6.45) is 3.42. The van der Waals surface area contributed by atoms with Gasteiger partial charge in [0.05, 0.1) is 27.6 Å². The number of carboxylic acids is 1. The summed E-state index contributed by atoms with van der Waals surface area (Å²) in [5, 5.41) is 19.2. The maximum atomic E-state index is 10.8. The first-order valence-electron chi connectivity index (χ1n) is 5.93. The van der Waals surface area contributed by atoms with E-state index in [1.807, 2.05) is 21.1 Å². The highest BCUT2D eigenvalue weighted by Crippen LogP contribution is 2.22. The summed E-state index contributed by atoms with van der Waals surface area (Å²) in [6.45, 7) is 2.57. The van der Waals surface area contributed by atoms with E-state index >= 15 is 0 Å². The van der Waals surface area contributed by atoms with Gasteiger partial charge in [0.15, 0.2) is 0 Å². The molecular formula is C12H26NO3+.